The highest BCUT2D eigenvalue weighted by Crippen LogP contribution is 2.31. The van der Waals surface area contributed by atoms with Gasteiger partial charge in [0, 0.05) is 24.6 Å². The van der Waals surface area contributed by atoms with Gasteiger partial charge >= 0.3 is 5.97 Å². The quantitative estimate of drug-likeness (QED) is 0.746. The van der Waals surface area contributed by atoms with Crippen molar-refractivity contribution in [3.63, 3.8) is 0 Å². The third kappa shape index (κ3) is 3.90. The first kappa shape index (κ1) is 16.9. The topological polar surface area (TPSA) is 49.8 Å². The molecule has 0 fully saturated rings. The standard InChI is InChI=1S/C15H23NO3S/c1-5-11(2)16(9-10-19-3)12-7-6-8-13(20-4)14(12)15(17)18/h6-8,11H,5,9-10H2,1-4H3,(H,17,18). The van der Waals surface area contributed by atoms with E-state index in [-0.39, 0.29) is 6.04 Å². The zero-order chi connectivity index (χ0) is 15.1. The summed E-state index contributed by atoms with van der Waals surface area (Å²) in [6.07, 6.45) is 2.85. The van der Waals surface area contributed by atoms with Gasteiger partial charge in [0.1, 0.15) is 0 Å². The highest BCUT2D eigenvalue weighted by Gasteiger charge is 2.22. The minimum Gasteiger partial charge on any atom is -0.478 e. The fourth-order valence-corrected chi connectivity index (χ4v) is 2.74. The number of hydrogen-bond acceptors (Lipinski definition) is 4. The van der Waals surface area contributed by atoms with E-state index in [2.05, 4.69) is 18.7 Å². The monoisotopic (exact) mass is 297 g/mol. The molecule has 0 saturated carbocycles. The van der Waals surface area contributed by atoms with E-state index in [9.17, 15) is 9.90 Å². The average molecular weight is 297 g/mol. The average Bonchev–Trinajstić information content (AvgIpc) is 2.46. The number of carboxylic acids is 1. The first-order valence-electron chi connectivity index (χ1n) is 6.72. The molecule has 4 nitrogen and oxygen atoms in total. The van der Waals surface area contributed by atoms with Crippen molar-refractivity contribution in [2.45, 2.75) is 31.2 Å². The van der Waals surface area contributed by atoms with Crippen LogP contribution in [0.3, 0.4) is 0 Å². The lowest BCUT2D eigenvalue weighted by molar-refractivity contribution is 0.0693. The molecular weight excluding hydrogens is 274 g/mol. The highest BCUT2D eigenvalue weighted by atomic mass is 32.2. The molecule has 1 rings (SSSR count). The van der Waals surface area contributed by atoms with Gasteiger partial charge in [-0.15, -0.1) is 11.8 Å². The normalized spacial score (nSPS) is 12.2. The van der Waals surface area contributed by atoms with Crippen molar-refractivity contribution in [2.75, 3.05) is 31.4 Å². The largest absolute Gasteiger partial charge is 0.478 e. The number of carboxylic acid groups (broad SMARTS) is 1. The summed E-state index contributed by atoms with van der Waals surface area (Å²) in [6.45, 7) is 5.47. The van der Waals surface area contributed by atoms with Crippen molar-refractivity contribution in [1.29, 1.82) is 0 Å². The van der Waals surface area contributed by atoms with Crippen LogP contribution in [-0.4, -0.2) is 43.6 Å². The lowest BCUT2D eigenvalue weighted by Gasteiger charge is -2.32. The zero-order valence-electron chi connectivity index (χ0n) is 12.5. The number of anilines is 1. The predicted octanol–water partition coefficient (Wildman–Crippen LogP) is 3.36. The van der Waals surface area contributed by atoms with Crippen molar-refractivity contribution in [1.82, 2.24) is 0 Å². The van der Waals surface area contributed by atoms with Gasteiger partial charge in [0.25, 0.3) is 0 Å². The molecule has 1 aromatic carbocycles. The summed E-state index contributed by atoms with van der Waals surface area (Å²) in [5.41, 5.74) is 1.16. The number of carbonyl (C=O) groups is 1. The summed E-state index contributed by atoms with van der Waals surface area (Å²) < 4.78 is 5.15. The van der Waals surface area contributed by atoms with Crippen molar-refractivity contribution in [3.8, 4) is 0 Å². The third-order valence-electron chi connectivity index (χ3n) is 3.41. The Morgan fingerprint density at radius 1 is 1.50 bits per heavy atom. The molecule has 1 N–H and O–H groups in total. The molecular formula is C15H23NO3S. The molecule has 0 aliphatic carbocycles. The molecule has 1 aromatic rings. The van der Waals surface area contributed by atoms with E-state index in [1.54, 1.807) is 7.11 Å². The predicted molar refractivity (Wildman–Crippen MR) is 84.2 cm³/mol. The van der Waals surface area contributed by atoms with E-state index in [4.69, 9.17) is 4.74 Å². The Bertz CT molecular complexity index is 451. The highest BCUT2D eigenvalue weighted by molar-refractivity contribution is 7.98. The van der Waals surface area contributed by atoms with E-state index in [1.807, 2.05) is 24.5 Å². The summed E-state index contributed by atoms with van der Waals surface area (Å²) >= 11 is 1.46. The van der Waals surface area contributed by atoms with Crippen LogP contribution >= 0.6 is 11.8 Å². The van der Waals surface area contributed by atoms with Gasteiger partial charge in [-0.2, -0.15) is 0 Å². The van der Waals surface area contributed by atoms with E-state index >= 15 is 0 Å². The minimum absolute atomic E-state index is 0.264. The first-order valence-corrected chi connectivity index (χ1v) is 7.95. The number of aromatic carboxylic acids is 1. The summed E-state index contributed by atoms with van der Waals surface area (Å²) in [5, 5.41) is 9.54. The van der Waals surface area contributed by atoms with Gasteiger partial charge < -0.3 is 14.7 Å². The van der Waals surface area contributed by atoms with E-state index in [1.165, 1.54) is 11.8 Å². The second-order valence-electron chi connectivity index (χ2n) is 4.60. The van der Waals surface area contributed by atoms with Crippen LogP contribution in [0.4, 0.5) is 5.69 Å². The molecule has 0 spiro atoms. The lowest BCUT2D eigenvalue weighted by atomic mass is 10.1. The molecule has 0 saturated heterocycles. The Kier molecular flexibility index (Phi) is 6.88. The van der Waals surface area contributed by atoms with Gasteiger partial charge in [-0.1, -0.05) is 13.0 Å². The van der Waals surface area contributed by atoms with Crippen molar-refractivity contribution >= 4 is 23.4 Å². The summed E-state index contributed by atoms with van der Waals surface area (Å²) in [4.78, 5) is 14.5. The maximum atomic E-state index is 11.6. The van der Waals surface area contributed by atoms with Crippen molar-refractivity contribution in [3.05, 3.63) is 23.8 Å². The van der Waals surface area contributed by atoms with Gasteiger partial charge in [0.05, 0.1) is 17.9 Å². The van der Waals surface area contributed by atoms with Crippen LogP contribution in [-0.2, 0) is 4.74 Å². The Morgan fingerprint density at radius 3 is 2.70 bits per heavy atom. The molecule has 0 amide bonds. The number of benzene rings is 1. The number of thioether (sulfide) groups is 1. The van der Waals surface area contributed by atoms with E-state index in [0.29, 0.717) is 18.7 Å². The molecule has 0 radical (unpaired) electrons. The lowest BCUT2D eigenvalue weighted by Crippen LogP contribution is -2.36. The van der Waals surface area contributed by atoms with Crippen LogP contribution in [0.25, 0.3) is 0 Å². The number of methoxy groups -OCH3 is 1. The second kappa shape index (κ2) is 8.17. The molecule has 1 atom stereocenters. The number of rotatable bonds is 8. The molecule has 20 heavy (non-hydrogen) atoms. The Labute approximate surface area is 125 Å². The van der Waals surface area contributed by atoms with E-state index < -0.39 is 5.97 Å². The molecule has 0 aliphatic rings. The first-order chi connectivity index (χ1) is 9.56. The Balaban J connectivity index is 3.27. The molecule has 0 bridgehead atoms. The SMILES string of the molecule is CCC(C)N(CCOC)c1cccc(SC)c1C(=O)O. The summed E-state index contributed by atoms with van der Waals surface area (Å²) in [6, 6.07) is 5.91. The molecule has 0 heterocycles. The number of nitrogens with zero attached hydrogens (tertiary/aromatic N) is 1. The molecule has 112 valence electrons. The van der Waals surface area contributed by atoms with Crippen LogP contribution in [0.5, 0.6) is 0 Å². The van der Waals surface area contributed by atoms with Gasteiger partial charge in [-0.3, -0.25) is 0 Å². The fraction of sp³-hybridized carbons (Fsp3) is 0.533. The van der Waals surface area contributed by atoms with Crippen LogP contribution in [0.2, 0.25) is 0 Å². The van der Waals surface area contributed by atoms with E-state index in [0.717, 1.165) is 17.0 Å². The smallest absolute Gasteiger partial charge is 0.338 e. The van der Waals surface area contributed by atoms with Gasteiger partial charge in [0.2, 0.25) is 0 Å². The van der Waals surface area contributed by atoms with Crippen LogP contribution < -0.4 is 4.90 Å². The summed E-state index contributed by atoms with van der Waals surface area (Å²) in [5.74, 6) is -0.879. The number of hydrogen-bond donors (Lipinski definition) is 1. The molecule has 0 aliphatic heterocycles. The van der Waals surface area contributed by atoms with Crippen molar-refractivity contribution in [2.24, 2.45) is 0 Å². The van der Waals surface area contributed by atoms with Crippen LogP contribution in [0, 0.1) is 0 Å². The van der Waals surface area contributed by atoms with Crippen molar-refractivity contribution < 1.29 is 14.6 Å². The molecule has 0 aromatic heterocycles. The minimum atomic E-state index is -0.879. The fourth-order valence-electron chi connectivity index (χ4n) is 2.13. The van der Waals surface area contributed by atoms with Crippen LogP contribution in [0.1, 0.15) is 30.6 Å². The van der Waals surface area contributed by atoms with Gasteiger partial charge in [-0.25, -0.2) is 4.79 Å². The Hall–Kier alpha value is -1.20. The zero-order valence-corrected chi connectivity index (χ0v) is 13.4. The maximum Gasteiger partial charge on any atom is 0.338 e. The third-order valence-corrected chi connectivity index (χ3v) is 4.19. The molecule has 5 heteroatoms. The Morgan fingerprint density at radius 2 is 2.20 bits per heavy atom. The second-order valence-corrected chi connectivity index (χ2v) is 5.45. The van der Waals surface area contributed by atoms with Gasteiger partial charge in [0.15, 0.2) is 0 Å². The van der Waals surface area contributed by atoms with Gasteiger partial charge in [-0.05, 0) is 31.7 Å². The van der Waals surface area contributed by atoms with Crippen LogP contribution in [0.15, 0.2) is 23.1 Å². The summed E-state index contributed by atoms with van der Waals surface area (Å²) in [7, 11) is 1.66. The molecule has 1 unspecified atom stereocenters. The number of ether oxygens (including phenoxy) is 1. The maximum absolute atomic E-state index is 11.6.